The van der Waals surface area contributed by atoms with Gasteiger partial charge in [0.15, 0.2) is 0 Å². The summed E-state index contributed by atoms with van der Waals surface area (Å²) in [6.45, 7) is 4.85. The van der Waals surface area contributed by atoms with Crippen molar-refractivity contribution in [3.05, 3.63) is 28.2 Å². The van der Waals surface area contributed by atoms with Crippen LogP contribution in [0.25, 0.3) is 0 Å². The van der Waals surface area contributed by atoms with Crippen LogP contribution in [0.2, 0.25) is 0 Å². The summed E-state index contributed by atoms with van der Waals surface area (Å²) < 4.78 is 1.02. The number of anilines is 1. The van der Waals surface area contributed by atoms with Gasteiger partial charge in [0.25, 0.3) is 0 Å². The molecule has 0 atom stereocenters. The number of aliphatic imine (C=N–C) groups is 1. The third kappa shape index (κ3) is 3.50. The van der Waals surface area contributed by atoms with Crippen molar-refractivity contribution in [1.82, 2.24) is 5.43 Å². The molecule has 16 heavy (non-hydrogen) atoms. The van der Waals surface area contributed by atoms with Crippen LogP contribution in [0.1, 0.15) is 18.9 Å². The number of benzene rings is 1. The van der Waals surface area contributed by atoms with E-state index in [1.807, 2.05) is 25.1 Å². The van der Waals surface area contributed by atoms with Crippen LogP contribution in [0.4, 0.5) is 5.69 Å². The number of guanidine groups is 1. The Hall–Kier alpha value is -1.07. The van der Waals surface area contributed by atoms with E-state index < -0.39 is 0 Å². The Labute approximate surface area is 104 Å². The van der Waals surface area contributed by atoms with E-state index in [0.717, 1.165) is 28.7 Å². The molecule has 0 bridgehead atoms. The molecule has 1 aromatic rings. The van der Waals surface area contributed by atoms with Gasteiger partial charge >= 0.3 is 0 Å². The highest BCUT2D eigenvalue weighted by atomic mass is 79.9. The smallest absolute Gasteiger partial charge is 0.210 e. The molecule has 0 radical (unpaired) electrons. The Morgan fingerprint density at radius 2 is 2.25 bits per heavy atom. The number of nitrogens with two attached hydrogens (primary N) is 1. The molecule has 0 heterocycles. The van der Waals surface area contributed by atoms with Crippen LogP contribution in [0.15, 0.2) is 27.7 Å². The third-order valence-corrected chi connectivity index (χ3v) is 3.13. The summed E-state index contributed by atoms with van der Waals surface area (Å²) >= 11 is 3.52. The SMILES string of the molecule is CCCN=C(NN)Nc1cccc(C)c1Br. The van der Waals surface area contributed by atoms with Gasteiger partial charge in [0, 0.05) is 11.0 Å². The second-order valence-corrected chi connectivity index (χ2v) is 4.23. The standard InChI is InChI=1S/C11H17BrN4/c1-3-7-14-11(16-13)15-9-6-4-5-8(2)10(9)12/h4-6H,3,7,13H2,1-2H3,(H2,14,15,16). The van der Waals surface area contributed by atoms with Gasteiger partial charge in [0.1, 0.15) is 0 Å². The third-order valence-electron chi connectivity index (χ3n) is 2.08. The first-order chi connectivity index (χ1) is 7.69. The van der Waals surface area contributed by atoms with Crippen LogP contribution >= 0.6 is 15.9 Å². The highest BCUT2D eigenvalue weighted by Gasteiger charge is 2.03. The molecule has 5 heteroatoms. The van der Waals surface area contributed by atoms with Gasteiger partial charge < -0.3 is 5.32 Å². The second-order valence-electron chi connectivity index (χ2n) is 3.44. The molecular formula is C11H17BrN4. The van der Waals surface area contributed by atoms with E-state index in [4.69, 9.17) is 5.84 Å². The Bertz CT molecular complexity index is 376. The van der Waals surface area contributed by atoms with E-state index in [-0.39, 0.29) is 0 Å². The van der Waals surface area contributed by atoms with Gasteiger partial charge in [-0.1, -0.05) is 19.1 Å². The summed E-state index contributed by atoms with van der Waals surface area (Å²) in [4.78, 5) is 4.28. The van der Waals surface area contributed by atoms with Gasteiger partial charge in [-0.25, -0.2) is 5.84 Å². The van der Waals surface area contributed by atoms with Crippen LogP contribution in [0.5, 0.6) is 0 Å². The van der Waals surface area contributed by atoms with E-state index in [9.17, 15) is 0 Å². The second kappa shape index (κ2) is 6.50. The van der Waals surface area contributed by atoms with Crippen LogP contribution in [0, 0.1) is 6.92 Å². The molecule has 0 aliphatic rings. The van der Waals surface area contributed by atoms with Crippen molar-refractivity contribution in [3.8, 4) is 0 Å². The Kier molecular flexibility index (Phi) is 5.28. The molecule has 0 amide bonds. The van der Waals surface area contributed by atoms with Crippen molar-refractivity contribution < 1.29 is 0 Å². The fourth-order valence-electron chi connectivity index (χ4n) is 1.22. The number of halogens is 1. The van der Waals surface area contributed by atoms with Crippen molar-refractivity contribution in [2.75, 3.05) is 11.9 Å². The highest BCUT2D eigenvalue weighted by molar-refractivity contribution is 9.10. The van der Waals surface area contributed by atoms with E-state index in [1.165, 1.54) is 0 Å². The summed E-state index contributed by atoms with van der Waals surface area (Å²) in [5.74, 6) is 5.97. The van der Waals surface area contributed by atoms with Crippen LogP contribution in [-0.4, -0.2) is 12.5 Å². The highest BCUT2D eigenvalue weighted by Crippen LogP contribution is 2.25. The fourth-order valence-corrected chi connectivity index (χ4v) is 1.58. The minimum Gasteiger partial charge on any atom is -0.324 e. The van der Waals surface area contributed by atoms with Crippen LogP contribution < -0.4 is 16.6 Å². The first-order valence-electron chi connectivity index (χ1n) is 5.22. The van der Waals surface area contributed by atoms with E-state index in [0.29, 0.717) is 5.96 Å². The minimum absolute atomic E-state index is 0.577. The average molecular weight is 285 g/mol. The molecule has 0 aromatic heterocycles. The van der Waals surface area contributed by atoms with Gasteiger partial charge in [-0.2, -0.15) is 0 Å². The lowest BCUT2D eigenvalue weighted by molar-refractivity contribution is 0.905. The van der Waals surface area contributed by atoms with E-state index in [1.54, 1.807) is 0 Å². The molecule has 0 aliphatic carbocycles. The maximum absolute atomic E-state index is 5.39. The minimum atomic E-state index is 0.577. The molecule has 4 N–H and O–H groups in total. The lowest BCUT2D eigenvalue weighted by Crippen LogP contribution is -2.36. The van der Waals surface area contributed by atoms with E-state index >= 15 is 0 Å². The Morgan fingerprint density at radius 1 is 1.50 bits per heavy atom. The van der Waals surface area contributed by atoms with Gasteiger partial charge in [-0.3, -0.25) is 10.4 Å². The lowest BCUT2D eigenvalue weighted by Gasteiger charge is -2.11. The molecule has 4 nitrogen and oxygen atoms in total. The Morgan fingerprint density at radius 3 is 2.88 bits per heavy atom. The molecular weight excluding hydrogens is 268 g/mol. The number of nitrogens with zero attached hydrogens (tertiary/aromatic N) is 1. The number of hydrogen-bond acceptors (Lipinski definition) is 2. The summed E-state index contributed by atoms with van der Waals surface area (Å²) in [5, 5.41) is 3.14. The molecule has 88 valence electrons. The summed E-state index contributed by atoms with van der Waals surface area (Å²) in [5.41, 5.74) is 4.67. The predicted molar refractivity (Wildman–Crippen MR) is 72.4 cm³/mol. The maximum atomic E-state index is 5.39. The normalized spacial score (nSPS) is 11.4. The van der Waals surface area contributed by atoms with Crippen LogP contribution in [0.3, 0.4) is 0 Å². The summed E-state index contributed by atoms with van der Waals surface area (Å²) in [7, 11) is 0. The zero-order valence-corrected chi connectivity index (χ0v) is 11.1. The molecule has 0 spiro atoms. The summed E-state index contributed by atoms with van der Waals surface area (Å²) in [6, 6.07) is 5.99. The van der Waals surface area contributed by atoms with Crippen molar-refractivity contribution in [1.29, 1.82) is 0 Å². The molecule has 0 aliphatic heterocycles. The van der Waals surface area contributed by atoms with Gasteiger partial charge in [0.05, 0.1) is 5.69 Å². The first kappa shape index (κ1) is 13.0. The van der Waals surface area contributed by atoms with E-state index in [2.05, 4.69) is 38.6 Å². The predicted octanol–water partition coefficient (Wildman–Crippen LogP) is 2.40. The van der Waals surface area contributed by atoms with Gasteiger partial charge in [-0.05, 0) is 40.9 Å². The zero-order valence-electron chi connectivity index (χ0n) is 9.55. The molecule has 0 fully saturated rings. The number of rotatable bonds is 3. The number of aryl methyl sites for hydroxylation is 1. The first-order valence-corrected chi connectivity index (χ1v) is 6.01. The zero-order chi connectivity index (χ0) is 12.0. The number of nitrogens with one attached hydrogen (secondary N) is 2. The largest absolute Gasteiger partial charge is 0.324 e. The fraction of sp³-hybridized carbons (Fsp3) is 0.364. The molecule has 0 unspecified atom stereocenters. The van der Waals surface area contributed by atoms with Gasteiger partial charge in [-0.15, -0.1) is 0 Å². The molecule has 1 aromatic carbocycles. The number of hydrazine groups is 1. The molecule has 0 saturated carbocycles. The quantitative estimate of drug-likeness (QED) is 0.346. The topological polar surface area (TPSA) is 62.4 Å². The maximum Gasteiger partial charge on any atom is 0.210 e. The average Bonchev–Trinajstić information content (AvgIpc) is 2.30. The summed E-state index contributed by atoms with van der Waals surface area (Å²) in [6.07, 6.45) is 0.988. The van der Waals surface area contributed by atoms with Gasteiger partial charge in [0.2, 0.25) is 5.96 Å². The Balaban J connectivity index is 2.82. The number of hydrogen-bond donors (Lipinski definition) is 3. The van der Waals surface area contributed by atoms with Crippen LogP contribution in [-0.2, 0) is 0 Å². The monoisotopic (exact) mass is 284 g/mol. The van der Waals surface area contributed by atoms with Crippen molar-refractivity contribution in [2.24, 2.45) is 10.8 Å². The molecule has 0 saturated heterocycles. The van der Waals surface area contributed by atoms with Crippen molar-refractivity contribution >= 4 is 27.6 Å². The van der Waals surface area contributed by atoms with Crippen molar-refractivity contribution in [2.45, 2.75) is 20.3 Å². The van der Waals surface area contributed by atoms with Crippen molar-refractivity contribution in [3.63, 3.8) is 0 Å². The molecule has 1 rings (SSSR count). The lowest BCUT2D eigenvalue weighted by atomic mass is 10.2.